The van der Waals surface area contributed by atoms with E-state index >= 15 is 0 Å². The third-order valence-electron chi connectivity index (χ3n) is 2.20. The van der Waals surface area contributed by atoms with Gasteiger partial charge in [0, 0.05) is 31.9 Å². The summed E-state index contributed by atoms with van der Waals surface area (Å²) in [4.78, 5) is 0. The van der Waals surface area contributed by atoms with Crippen molar-refractivity contribution in [3.63, 3.8) is 0 Å². The van der Waals surface area contributed by atoms with Crippen molar-refractivity contribution in [2.75, 3.05) is 38.7 Å². The molecule has 0 bridgehead atoms. The van der Waals surface area contributed by atoms with E-state index in [0.717, 1.165) is 18.7 Å². The molecule has 0 aliphatic rings. The van der Waals surface area contributed by atoms with Crippen molar-refractivity contribution >= 4 is 22.0 Å². The highest BCUT2D eigenvalue weighted by Gasteiger charge is 2.15. The van der Waals surface area contributed by atoms with Crippen LogP contribution in [0.4, 0.5) is 0 Å². The largest absolute Gasteiger partial charge is 0.314 e. The van der Waals surface area contributed by atoms with Crippen LogP contribution in [0, 0.1) is 0 Å². The molecule has 0 aliphatic carbocycles. The quantitative estimate of drug-likeness (QED) is 0.573. The van der Waals surface area contributed by atoms with Crippen molar-refractivity contribution in [3.8, 4) is 0 Å². The first-order chi connectivity index (χ1) is 7.90. The van der Waals surface area contributed by atoms with Gasteiger partial charge in [0.1, 0.15) is 0 Å². The maximum Gasteiger partial charge on any atom is 0.279 e. The Kier molecular flexibility index (Phi) is 9.25. The van der Waals surface area contributed by atoms with Crippen LogP contribution in [0.5, 0.6) is 0 Å². The maximum atomic E-state index is 11.7. The zero-order valence-corrected chi connectivity index (χ0v) is 12.8. The molecular weight excluding hydrogens is 258 g/mol. The van der Waals surface area contributed by atoms with Gasteiger partial charge in [-0.15, -0.1) is 0 Å². The zero-order chi connectivity index (χ0) is 13.3. The lowest BCUT2D eigenvalue weighted by molar-refractivity contribution is 0.440. The van der Waals surface area contributed by atoms with Crippen molar-refractivity contribution in [3.05, 3.63) is 0 Å². The van der Waals surface area contributed by atoms with E-state index in [1.165, 1.54) is 4.31 Å². The third-order valence-corrected chi connectivity index (χ3v) is 4.39. The van der Waals surface area contributed by atoms with Gasteiger partial charge in [-0.05, 0) is 19.2 Å². The zero-order valence-electron chi connectivity index (χ0n) is 11.2. The molecular formula is C10H25N3O2S2. The minimum atomic E-state index is -3.29. The maximum absolute atomic E-state index is 11.7. The molecule has 2 N–H and O–H groups in total. The summed E-state index contributed by atoms with van der Waals surface area (Å²) in [6, 6.07) is 0.441. The number of rotatable bonds is 10. The molecule has 5 nitrogen and oxygen atoms in total. The number of thioether (sulfide) groups is 1. The highest BCUT2D eigenvalue weighted by molar-refractivity contribution is 7.98. The Morgan fingerprint density at radius 1 is 1.29 bits per heavy atom. The molecule has 0 aromatic heterocycles. The number of hydrogen-bond donors (Lipinski definition) is 2. The van der Waals surface area contributed by atoms with E-state index in [9.17, 15) is 8.42 Å². The van der Waals surface area contributed by atoms with Crippen LogP contribution in [-0.4, -0.2) is 57.5 Å². The molecule has 0 rings (SSSR count). The second-order valence-corrected chi connectivity index (χ2v) is 7.02. The van der Waals surface area contributed by atoms with Gasteiger partial charge in [0.15, 0.2) is 0 Å². The Hall–Kier alpha value is 0.180. The van der Waals surface area contributed by atoms with Crippen molar-refractivity contribution in [1.29, 1.82) is 0 Å². The van der Waals surface area contributed by atoms with E-state index in [0.29, 0.717) is 19.1 Å². The Morgan fingerprint density at radius 2 is 1.94 bits per heavy atom. The van der Waals surface area contributed by atoms with Crippen LogP contribution in [0.1, 0.15) is 20.3 Å². The van der Waals surface area contributed by atoms with E-state index in [-0.39, 0.29) is 0 Å². The lowest BCUT2D eigenvalue weighted by atomic mass is 10.3. The minimum Gasteiger partial charge on any atom is -0.314 e. The van der Waals surface area contributed by atoms with E-state index in [1.54, 1.807) is 18.8 Å². The van der Waals surface area contributed by atoms with Crippen molar-refractivity contribution < 1.29 is 8.42 Å². The van der Waals surface area contributed by atoms with E-state index in [1.807, 2.05) is 6.26 Å². The highest BCUT2D eigenvalue weighted by Crippen LogP contribution is 1.96. The van der Waals surface area contributed by atoms with E-state index in [2.05, 4.69) is 23.9 Å². The molecule has 0 unspecified atom stereocenters. The van der Waals surface area contributed by atoms with Gasteiger partial charge in [0.2, 0.25) is 0 Å². The second kappa shape index (κ2) is 9.16. The van der Waals surface area contributed by atoms with Gasteiger partial charge in [0.25, 0.3) is 10.2 Å². The molecule has 0 radical (unpaired) electrons. The van der Waals surface area contributed by atoms with Crippen LogP contribution in [0.3, 0.4) is 0 Å². The lowest BCUT2D eigenvalue weighted by Gasteiger charge is -2.18. The van der Waals surface area contributed by atoms with Crippen LogP contribution in [0.15, 0.2) is 0 Å². The summed E-state index contributed by atoms with van der Waals surface area (Å²) in [5.74, 6) is 0.794. The Morgan fingerprint density at radius 3 is 2.47 bits per heavy atom. The molecule has 0 saturated carbocycles. The first-order valence-electron chi connectivity index (χ1n) is 5.83. The van der Waals surface area contributed by atoms with E-state index in [4.69, 9.17) is 0 Å². The smallest absolute Gasteiger partial charge is 0.279 e. The average molecular weight is 283 g/mol. The Labute approximate surface area is 110 Å². The molecule has 0 spiro atoms. The van der Waals surface area contributed by atoms with Crippen LogP contribution < -0.4 is 10.0 Å². The van der Waals surface area contributed by atoms with Crippen LogP contribution in [0.25, 0.3) is 0 Å². The van der Waals surface area contributed by atoms with Crippen molar-refractivity contribution in [2.24, 2.45) is 0 Å². The molecule has 0 aromatic rings. The van der Waals surface area contributed by atoms with Gasteiger partial charge in [-0.3, -0.25) is 0 Å². The normalized spacial score (nSPS) is 12.6. The lowest BCUT2D eigenvalue weighted by Crippen LogP contribution is -2.40. The molecule has 0 fully saturated rings. The molecule has 104 valence electrons. The predicted molar refractivity (Wildman–Crippen MR) is 75.7 cm³/mol. The topological polar surface area (TPSA) is 61.4 Å². The summed E-state index contributed by atoms with van der Waals surface area (Å²) in [5, 5.41) is 3.26. The highest BCUT2D eigenvalue weighted by atomic mass is 32.2. The van der Waals surface area contributed by atoms with Crippen LogP contribution in [-0.2, 0) is 10.2 Å². The predicted octanol–water partition coefficient (Wildman–Crippen LogP) is 0.504. The van der Waals surface area contributed by atoms with Crippen LogP contribution >= 0.6 is 11.8 Å². The molecule has 7 heteroatoms. The summed E-state index contributed by atoms with van der Waals surface area (Å²) in [6.07, 6.45) is 2.77. The van der Waals surface area contributed by atoms with Crippen molar-refractivity contribution in [1.82, 2.24) is 14.3 Å². The first-order valence-corrected chi connectivity index (χ1v) is 8.66. The molecule has 0 saturated heterocycles. The standard InChI is InChI=1S/C10H25N3O2S2/c1-10(2)11-6-5-8-13(3)17(14,15)12-7-9-16-4/h10-12H,5-9H2,1-4H3. The van der Waals surface area contributed by atoms with Crippen molar-refractivity contribution in [2.45, 2.75) is 26.3 Å². The minimum absolute atomic E-state index is 0.441. The van der Waals surface area contributed by atoms with Gasteiger partial charge in [0.05, 0.1) is 0 Å². The summed E-state index contributed by atoms with van der Waals surface area (Å²) >= 11 is 1.62. The van der Waals surface area contributed by atoms with Crippen LogP contribution in [0.2, 0.25) is 0 Å². The number of nitrogens with one attached hydrogen (secondary N) is 2. The number of nitrogens with zero attached hydrogens (tertiary/aromatic N) is 1. The van der Waals surface area contributed by atoms with Gasteiger partial charge >= 0.3 is 0 Å². The fraction of sp³-hybridized carbons (Fsp3) is 1.00. The summed E-state index contributed by atoms with van der Waals surface area (Å²) in [7, 11) is -1.68. The third kappa shape index (κ3) is 8.84. The second-order valence-electron chi connectivity index (χ2n) is 4.18. The fourth-order valence-electron chi connectivity index (χ4n) is 1.20. The Balaban J connectivity index is 3.82. The van der Waals surface area contributed by atoms with E-state index < -0.39 is 10.2 Å². The summed E-state index contributed by atoms with van der Waals surface area (Å²) < 4.78 is 27.4. The monoisotopic (exact) mass is 283 g/mol. The SMILES string of the molecule is CSCCNS(=O)(=O)N(C)CCCNC(C)C. The Bertz CT molecular complexity index is 281. The summed E-state index contributed by atoms with van der Waals surface area (Å²) in [6.45, 7) is 6.00. The molecule has 0 amide bonds. The molecule has 0 aromatic carbocycles. The molecule has 0 atom stereocenters. The number of hydrogen-bond acceptors (Lipinski definition) is 4. The average Bonchev–Trinajstić information content (AvgIpc) is 2.24. The molecule has 17 heavy (non-hydrogen) atoms. The molecule has 0 aliphatic heterocycles. The van der Waals surface area contributed by atoms with Gasteiger partial charge in [-0.1, -0.05) is 13.8 Å². The van der Waals surface area contributed by atoms with Gasteiger partial charge in [-0.25, -0.2) is 4.72 Å². The summed E-state index contributed by atoms with van der Waals surface area (Å²) in [5.41, 5.74) is 0. The first kappa shape index (κ1) is 17.2. The van der Waals surface area contributed by atoms with Gasteiger partial charge < -0.3 is 5.32 Å². The van der Waals surface area contributed by atoms with Gasteiger partial charge in [-0.2, -0.15) is 24.5 Å². The molecule has 0 heterocycles. The fourth-order valence-corrected chi connectivity index (χ4v) is 2.58.